The Balaban J connectivity index is 2.18. The van der Waals surface area contributed by atoms with Crippen molar-refractivity contribution in [3.8, 4) is 5.75 Å². The second-order valence-electron chi connectivity index (χ2n) is 4.32. The SMILES string of the molecule is Cc1c(O)cccc1C(=O)NC1(CCl)CC1. The molecule has 0 aliphatic heterocycles. The fourth-order valence-corrected chi connectivity index (χ4v) is 1.95. The molecule has 4 heteroatoms. The maximum atomic E-state index is 12.0. The van der Waals surface area contributed by atoms with Crippen molar-refractivity contribution >= 4 is 17.5 Å². The van der Waals surface area contributed by atoms with Crippen molar-refractivity contribution in [2.24, 2.45) is 0 Å². The first-order chi connectivity index (χ1) is 7.58. The summed E-state index contributed by atoms with van der Waals surface area (Å²) in [5.74, 6) is 0.422. The zero-order chi connectivity index (χ0) is 11.8. The molecule has 0 atom stereocenters. The summed E-state index contributed by atoms with van der Waals surface area (Å²) in [6.45, 7) is 1.73. The van der Waals surface area contributed by atoms with Crippen LogP contribution in [0.15, 0.2) is 18.2 Å². The fraction of sp³-hybridized carbons (Fsp3) is 0.417. The molecule has 86 valence electrons. The second-order valence-corrected chi connectivity index (χ2v) is 4.59. The van der Waals surface area contributed by atoms with Gasteiger partial charge in [-0.05, 0) is 31.9 Å². The van der Waals surface area contributed by atoms with E-state index in [0.29, 0.717) is 17.0 Å². The first kappa shape index (κ1) is 11.3. The Bertz CT molecular complexity index is 427. The molecule has 0 unspecified atom stereocenters. The largest absolute Gasteiger partial charge is 0.508 e. The quantitative estimate of drug-likeness (QED) is 0.795. The van der Waals surface area contributed by atoms with Crippen molar-refractivity contribution < 1.29 is 9.90 Å². The minimum atomic E-state index is -0.212. The Kier molecular flexibility index (Phi) is 2.80. The first-order valence-corrected chi connectivity index (χ1v) is 5.78. The van der Waals surface area contributed by atoms with Crippen LogP contribution >= 0.6 is 11.6 Å². The van der Waals surface area contributed by atoms with Gasteiger partial charge in [0.2, 0.25) is 0 Å². The molecule has 0 saturated heterocycles. The van der Waals surface area contributed by atoms with Crippen LogP contribution in [-0.2, 0) is 0 Å². The lowest BCUT2D eigenvalue weighted by Gasteiger charge is -2.15. The van der Waals surface area contributed by atoms with E-state index in [1.54, 1.807) is 25.1 Å². The van der Waals surface area contributed by atoms with Gasteiger partial charge in [0.05, 0.1) is 5.54 Å². The smallest absolute Gasteiger partial charge is 0.252 e. The third kappa shape index (κ3) is 2.00. The molecule has 1 aliphatic carbocycles. The molecule has 0 spiro atoms. The zero-order valence-corrected chi connectivity index (χ0v) is 9.84. The topological polar surface area (TPSA) is 49.3 Å². The number of hydrogen-bond acceptors (Lipinski definition) is 2. The Morgan fingerprint density at radius 1 is 1.56 bits per heavy atom. The predicted molar refractivity (Wildman–Crippen MR) is 63.0 cm³/mol. The minimum Gasteiger partial charge on any atom is -0.508 e. The Labute approximate surface area is 99.4 Å². The highest BCUT2D eigenvalue weighted by Crippen LogP contribution is 2.36. The summed E-state index contributed by atoms with van der Waals surface area (Å²) in [6.07, 6.45) is 1.86. The summed E-state index contributed by atoms with van der Waals surface area (Å²) in [6, 6.07) is 4.94. The van der Waals surface area contributed by atoms with Gasteiger partial charge in [0.1, 0.15) is 5.75 Å². The van der Waals surface area contributed by atoms with Crippen molar-refractivity contribution in [1.82, 2.24) is 5.32 Å². The number of rotatable bonds is 3. The van der Waals surface area contributed by atoms with E-state index >= 15 is 0 Å². The number of halogens is 1. The van der Waals surface area contributed by atoms with E-state index < -0.39 is 0 Å². The summed E-state index contributed by atoms with van der Waals surface area (Å²) in [5, 5.41) is 12.4. The zero-order valence-electron chi connectivity index (χ0n) is 9.09. The molecule has 0 heterocycles. The summed E-state index contributed by atoms with van der Waals surface area (Å²) in [7, 11) is 0. The average molecular weight is 240 g/mol. The number of aromatic hydroxyl groups is 1. The average Bonchev–Trinajstić information content (AvgIpc) is 3.02. The number of carbonyl (C=O) groups excluding carboxylic acids is 1. The number of alkyl halides is 1. The number of carbonyl (C=O) groups is 1. The summed E-state index contributed by atoms with van der Waals surface area (Å²) < 4.78 is 0. The summed E-state index contributed by atoms with van der Waals surface area (Å²) in [5.41, 5.74) is 0.901. The minimum absolute atomic E-state index is 0.142. The molecule has 0 aromatic heterocycles. The summed E-state index contributed by atoms with van der Waals surface area (Å²) >= 11 is 5.79. The molecule has 1 amide bonds. The highest BCUT2D eigenvalue weighted by molar-refractivity contribution is 6.19. The van der Waals surface area contributed by atoms with Crippen LogP contribution in [0.1, 0.15) is 28.8 Å². The lowest BCUT2D eigenvalue weighted by atomic mass is 10.1. The van der Waals surface area contributed by atoms with Crippen LogP contribution in [0.2, 0.25) is 0 Å². The molecular formula is C12H14ClNO2. The highest BCUT2D eigenvalue weighted by Gasteiger charge is 2.43. The van der Waals surface area contributed by atoms with Crippen molar-refractivity contribution in [1.29, 1.82) is 0 Å². The van der Waals surface area contributed by atoms with Crippen LogP contribution in [0, 0.1) is 6.92 Å². The number of hydrogen-bond donors (Lipinski definition) is 2. The van der Waals surface area contributed by atoms with E-state index in [1.807, 2.05) is 0 Å². The lowest BCUT2D eigenvalue weighted by molar-refractivity contribution is 0.0935. The van der Waals surface area contributed by atoms with Gasteiger partial charge >= 0.3 is 0 Å². The van der Waals surface area contributed by atoms with Crippen molar-refractivity contribution in [3.05, 3.63) is 29.3 Å². The van der Waals surface area contributed by atoms with E-state index in [4.69, 9.17) is 11.6 Å². The third-order valence-corrected chi connectivity index (χ3v) is 3.55. The predicted octanol–water partition coefficient (Wildman–Crippen LogP) is 2.20. The van der Waals surface area contributed by atoms with E-state index in [2.05, 4.69) is 5.32 Å². The van der Waals surface area contributed by atoms with Gasteiger partial charge in [-0.3, -0.25) is 4.79 Å². The second kappa shape index (κ2) is 3.98. The van der Waals surface area contributed by atoms with E-state index in [0.717, 1.165) is 12.8 Å². The normalized spacial score (nSPS) is 16.9. The number of benzene rings is 1. The van der Waals surface area contributed by atoms with Crippen LogP contribution in [0.3, 0.4) is 0 Å². The van der Waals surface area contributed by atoms with E-state index in [-0.39, 0.29) is 17.2 Å². The van der Waals surface area contributed by atoms with Crippen LogP contribution in [0.5, 0.6) is 5.75 Å². The van der Waals surface area contributed by atoms with E-state index in [1.165, 1.54) is 0 Å². The number of nitrogens with one attached hydrogen (secondary N) is 1. The number of amides is 1. The highest BCUT2D eigenvalue weighted by atomic mass is 35.5. The van der Waals surface area contributed by atoms with Crippen molar-refractivity contribution in [3.63, 3.8) is 0 Å². The van der Waals surface area contributed by atoms with Gasteiger partial charge in [-0.25, -0.2) is 0 Å². The van der Waals surface area contributed by atoms with Crippen molar-refractivity contribution in [2.45, 2.75) is 25.3 Å². The first-order valence-electron chi connectivity index (χ1n) is 5.25. The molecular weight excluding hydrogens is 226 g/mol. The summed E-state index contributed by atoms with van der Waals surface area (Å²) in [4.78, 5) is 12.0. The molecule has 1 aliphatic rings. The van der Waals surface area contributed by atoms with E-state index in [9.17, 15) is 9.90 Å². The molecule has 16 heavy (non-hydrogen) atoms. The molecule has 3 nitrogen and oxygen atoms in total. The van der Waals surface area contributed by atoms with Gasteiger partial charge < -0.3 is 10.4 Å². The lowest BCUT2D eigenvalue weighted by Crippen LogP contribution is -2.38. The Morgan fingerprint density at radius 3 is 2.81 bits per heavy atom. The standard InChI is InChI=1S/C12H14ClNO2/c1-8-9(3-2-4-10(8)15)11(16)14-12(7-13)5-6-12/h2-4,15H,5-7H2,1H3,(H,14,16). The monoisotopic (exact) mass is 239 g/mol. The molecule has 1 aromatic rings. The molecule has 0 bridgehead atoms. The van der Waals surface area contributed by atoms with Gasteiger partial charge in [0.15, 0.2) is 0 Å². The van der Waals surface area contributed by atoms with Crippen LogP contribution in [0.4, 0.5) is 0 Å². The van der Waals surface area contributed by atoms with Crippen LogP contribution < -0.4 is 5.32 Å². The number of phenols is 1. The maximum Gasteiger partial charge on any atom is 0.252 e. The van der Waals surface area contributed by atoms with Gasteiger partial charge in [-0.2, -0.15) is 0 Å². The molecule has 1 aromatic carbocycles. The molecule has 0 radical (unpaired) electrons. The third-order valence-electron chi connectivity index (χ3n) is 3.04. The van der Waals surface area contributed by atoms with Crippen molar-refractivity contribution in [2.75, 3.05) is 5.88 Å². The molecule has 1 saturated carbocycles. The van der Waals surface area contributed by atoms with Crippen LogP contribution in [0.25, 0.3) is 0 Å². The molecule has 2 rings (SSSR count). The molecule has 1 fully saturated rings. The van der Waals surface area contributed by atoms with Gasteiger partial charge in [-0.15, -0.1) is 11.6 Å². The molecule has 2 N–H and O–H groups in total. The number of phenolic OH excluding ortho intramolecular Hbond substituents is 1. The van der Waals surface area contributed by atoms with Gasteiger partial charge in [-0.1, -0.05) is 6.07 Å². The van der Waals surface area contributed by atoms with Gasteiger partial charge in [0, 0.05) is 17.0 Å². The maximum absolute atomic E-state index is 12.0. The fourth-order valence-electron chi connectivity index (χ4n) is 1.62. The van der Waals surface area contributed by atoms with Crippen LogP contribution in [-0.4, -0.2) is 22.4 Å². The Hall–Kier alpha value is -1.22. The van der Waals surface area contributed by atoms with Gasteiger partial charge in [0.25, 0.3) is 5.91 Å². The Morgan fingerprint density at radius 2 is 2.25 bits per heavy atom.